The SMILES string of the molecule is C[C@@H]1C[C@H](OC(=O)[C@H](O)c2ccccc2)CC(C)(C)C1. The van der Waals surface area contributed by atoms with Crippen LogP contribution in [0.3, 0.4) is 0 Å². The molecule has 1 aliphatic carbocycles. The van der Waals surface area contributed by atoms with Gasteiger partial charge in [0.25, 0.3) is 0 Å². The van der Waals surface area contributed by atoms with E-state index in [-0.39, 0.29) is 11.5 Å². The predicted octanol–water partition coefficient (Wildman–Crippen LogP) is 3.48. The Bertz CT molecular complexity index is 453. The van der Waals surface area contributed by atoms with Crippen LogP contribution in [-0.4, -0.2) is 17.2 Å². The first kappa shape index (κ1) is 15.0. The van der Waals surface area contributed by atoms with E-state index in [1.54, 1.807) is 24.3 Å². The third-order valence-electron chi connectivity index (χ3n) is 3.97. The van der Waals surface area contributed by atoms with Gasteiger partial charge in [-0.2, -0.15) is 0 Å². The highest BCUT2D eigenvalue weighted by Crippen LogP contribution is 2.40. The Balaban J connectivity index is 1.97. The summed E-state index contributed by atoms with van der Waals surface area (Å²) in [5, 5.41) is 10.0. The van der Waals surface area contributed by atoms with E-state index in [0.717, 1.165) is 19.3 Å². The number of ether oxygens (including phenoxy) is 1. The van der Waals surface area contributed by atoms with Crippen LogP contribution in [-0.2, 0) is 9.53 Å². The molecule has 0 saturated heterocycles. The van der Waals surface area contributed by atoms with Gasteiger partial charge in [-0.15, -0.1) is 0 Å². The van der Waals surface area contributed by atoms with E-state index < -0.39 is 12.1 Å². The molecule has 2 rings (SSSR count). The minimum absolute atomic E-state index is 0.0837. The Morgan fingerprint density at radius 3 is 2.55 bits per heavy atom. The highest BCUT2D eigenvalue weighted by atomic mass is 16.6. The Labute approximate surface area is 121 Å². The van der Waals surface area contributed by atoms with Crippen molar-refractivity contribution in [3.63, 3.8) is 0 Å². The molecule has 0 aliphatic heterocycles. The molecular formula is C17H24O3. The standard InChI is InChI=1S/C17H24O3/c1-12-9-14(11-17(2,3)10-12)20-16(19)15(18)13-7-5-4-6-8-13/h4-8,12,14-15,18H,9-11H2,1-3H3/t12-,14+,15-/m1/s1. The second-order valence-corrected chi connectivity index (χ2v) is 6.79. The minimum Gasteiger partial charge on any atom is -0.460 e. The van der Waals surface area contributed by atoms with Crippen LogP contribution in [0, 0.1) is 11.3 Å². The minimum atomic E-state index is -1.18. The first-order valence-corrected chi connectivity index (χ1v) is 7.31. The average Bonchev–Trinajstić information content (AvgIpc) is 2.36. The molecule has 1 N–H and O–H groups in total. The van der Waals surface area contributed by atoms with E-state index in [1.807, 2.05) is 6.07 Å². The molecule has 0 unspecified atom stereocenters. The summed E-state index contributed by atoms with van der Waals surface area (Å²) < 4.78 is 5.52. The molecule has 0 spiro atoms. The van der Waals surface area contributed by atoms with Crippen molar-refractivity contribution in [3.8, 4) is 0 Å². The zero-order valence-corrected chi connectivity index (χ0v) is 12.5. The lowest BCUT2D eigenvalue weighted by molar-refractivity contribution is -0.163. The molecule has 3 nitrogen and oxygen atoms in total. The second kappa shape index (κ2) is 5.96. The van der Waals surface area contributed by atoms with Crippen LogP contribution in [0.5, 0.6) is 0 Å². The number of aliphatic hydroxyl groups is 1. The average molecular weight is 276 g/mol. The fourth-order valence-corrected chi connectivity index (χ4v) is 3.35. The first-order chi connectivity index (χ1) is 9.37. The molecule has 3 atom stereocenters. The van der Waals surface area contributed by atoms with Crippen molar-refractivity contribution in [3.05, 3.63) is 35.9 Å². The summed E-state index contributed by atoms with van der Waals surface area (Å²) in [7, 11) is 0. The van der Waals surface area contributed by atoms with Gasteiger partial charge in [-0.05, 0) is 36.2 Å². The normalized spacial score (nSPS) is 26.8. The quantitative estimate of drug-likeness (QED) is 0.860. The van der Waals surface area contributed by atoms with Gasteiger partial charge in [0, 0.05) is 0 Å². The van der Waals surface area contributed by atoms with Gasteiger partial charge in [-0.25, -0.2) is 4.79 Å². The van der Waals surface area contributed by atoms with Crippen LogP contribution in [0.15, 0.2) is 30.3 Å². The number of hydrogen-bond acceptors (Lipinski definition) is 3. The number of carbonyl (C=O) groups is 1. The summed E-state index contributed by atoms with van der Waals surface area (Å²) in [6, 6.07) is 8.93. The van der Waals surface area contributed by atoms with Crippen molar-refractivity contribution in [1.82, 2.24) is 0 Å². The topological polar surface area (TPSA) is 46.5 Å². The van der Waals surface area contributed by atoms with Crippen LogP contribution < -0.4 is 0 Å². The van der Waals surface area contributed by atoms with Gasteiger partial charge in [-0.1, -0.05) is 51.1 Å². The van der Waals surface area contributed by atoms with Crippen LogP contribution in [0.25, 0.3) is 0 Å². The molecule has 1 aromatic carbocycles. The summed E-state index contributed by atoms with van der Waals surface area (Å²) in [5.74, 6) is 0.0107. The van der Waals surface area contributed by atoms with Crippen molar-refractivity contribution in [2.75, 3.05) is 0 Å². The molecule has 1 saturated carbocycles. The molecular weight excluding hydrogens is 252 g/mol. The predicted molar refractivity (Wildman–Crippen MR) is 78.1 cm³/mol. The van der Waals surface area contributed by atoms with Gasteiger partial charge >= 0.3 is 5.97 Å². The summed E-state index contributed by atoms with van der Waals surface area (Å²) in [5.41, 5.74) is 0.779. The van der Waals surface area contributed by atoms with Crippen molar-refractivity contribution >= 4 is 5.97 Å². The van der Waals surface area contributed by atoms with E-state index in [2.05, 4.69) is 20.8 Å². The third-order valence-corrected chi connectivity index (χ3v) is 3.97. The molecule has 1 aromatic rings. The molecule has 3 heteroatoms. The number of carbonyl (C=O) groups excluding carboxylic acids is 1. The van der Waals surface area contributed by atoms with Crippen molar-refractivity contribution in [2.24, 2.45) is 11.3 Å². The smallest absolute Gasteiger partial charge is 0.339 e. The molecule has 0 amide bonds. The Kier molecular flexibility index (Phi) is 4.48. The molecule has 20 heavy (non-hydrogen) atoms. The van der Waals surface area contributed by atoms with Gasteiger partial charge in [0.1, 0.15) is 6.10 Å². The van der Waals surface area contributed by atoms with Gasteiger partial charge in [0.2, 0.25) is 0 Å². The van der Waals surface area contributed by atoms with E-state index >= 15 is 0 Å². The monoisotopic (exact) mass is 276 g/mol. The Hall–Kier alpha value is -1.35. The summed E-state index contributed by atoms with van der Waals surface area (Å²) >= 11 is 0. The molecule has 0 heterocycles. The lowest BCUT2D eigenvalue weighted by Crippen LogP contribution is -2.35. The molecule has 1 aliphatic rings. The Morgan fingerprint density at radius 1 is 1.30 bits per heavy atom. The van der Waals surface area contributed by atoms with Crippen molar-refractivity contribution in [2.45, 2.75) is 52.2 Å². The van der Waals surface area contributed by atoms with E-state index in [4.69, 9.17) is 4.74 Å². The molecule has 0 aromatic heterocycles. The number of esters is 1. The van der Waals surface area contributed by atoms with E-state index in [9.17, 15) is 9.90 Å². The maximum Gasteiger partial charge on any atom is 0.339 e. The van der Waals surface area contributed by atoms with E-state index in [0.29, 0.717) is 11.5 Å². The van der Waals surface area contributed by atoms with Crippen molar-refractivity contribution in [1.29, 1.82) is 0 Å². The van der Waals surface area contributed by atoms with Crippen LogP contribution in [0.1, 0.15) is 51.7 Å². The fourth-order valence-electron chi connectivity index (χ4n) is 3.35. The highest BCUT2D eigenvalue weighted by Gasteiger charge is 2.35. The number of hydrogen-bond donors (Lipinski definition) is 1. The van der Waals surface area contributed by atoms with E-state index in [1.165, 1.54) is 0 Å². The zero-order valence-electron chi connectivity index (χ0n) is 12.5. The number of benzene rings is 1. The third kappa shape index (κ3) is 3.83. The number of rotatable bonds is 3. The summed E-state index contributed by atoms with van der Waals surface area (Å²) in [6.07, 6.45) is 1.64. The maximum absolute atomic E-state index is 12.1. The van der Waals surface area contributed by atoms with Crippen LogP contribution in [0.4, 0.5) is 0 Å². The lowest BCUT2D eigenvalue weighted by Gasteiger charge is -2.38. The largest absolute Gasteiger partial charge is 0.460 e. The van der Waals surface area contributed by atoms with Crippen LogP contribution >= 0.6 is 0 Å². The first-order valence-electron chi connectivity index (χ1n) is 7.31. The fraction of sp³-hybridized carbons (Fsp3) is 0.588. The molecule has 0 radical (unpaired) electrons. The maximum atomic E-state index is 12.1. The zero-order chi connectivity index (χ0) is 14.8. The number of aliphatic hydroxyl groups excluding tert-OH is 1. The van der Waals surface area contributed by atoms with Gasteiger partial charge < -0.3 is 9.84 Å². The van der Waals surface area contributed by atoms with Crippen molar-refractivity contribution < 1.29 is 14.6 Å². The molecule has 1 fully saturated rings. The molecule has 110 valence electrons. The van der Waals surface area contributed by atoms with Gasteiger partial charge in [0.15, 0.2) is 6.10 Å². The Morgan fingerprint density at radius 2 is 1.95 bits per heavy atom. The second-order valence-electron chi connectivity index (χ2n) is 6.79. The van der Waals surface area contributed by atoms with Gasteiger partial charge in [0.05, 0.1) is 0 Å². The highest BCUT2D eigenvalue weighted by molar-refractivity contribution is 5.76. The van der Waals surface area contributed by atoms with Gasteiger partial charge in [-0.3, -0.25) is 0 Å². The lowest BCUT2D eigenvalue weighted by atomic mass is 9.71. The van der Waals surface area contributed by atoms with Crippen LogP contribution in [0.2, 0.25) is 0 Å². The summed E-state index contributed by atoms with van der Waals surface area (Å²) in [6.45, 7) is 6.60. The summed E-state index contributed by atoms with van der Waals surface area (Å²) in [4.78, 5) is 12.1. The molecule has 0 bridgehead atoms.